The minimum atomic E-state index is 0.146. The van der Waals surface area contributed by atoms with Gasteiger partial charge >= 0.3 is 0 Å². The molecule has 1 saturated heterocycles. The summed E-state index contributed by atoms with van der Waals surface area (Å²) >= 11 is 1.62. The number of aromatic nitrogens is 1. The predicted octanol–water partition coefficient (Wildman–Crippen LogP) is 1.81. The van der Waals surface area contributed by atoms with Crippen LogP contribution in [-0.2, 0) is 6.54 Å². The Hall–Kier alpha value is -1.13. The molecule has 2 aromatic rings. The van der Waals surface area contributed by atoms with E-state index in [4.69, 9.17) is 0 Å². The Balaban J connectivity index is 1.96. The van der Waals surface area contributed by atoms with Gasteiger partial charge in [0.1, 0.15) is 0 Å². The molecule has 84 valence electrons. The highest BCUT2D eigenvalue weighted by atomic mass is 32.1. The third kappa shape index (κ3) is 1.68. The first kappa shape index (κ1) is 10.1. The van der Waals surface area contributed by atoms with E-state index >= 15 is 0 Å². The van der Waals surface area contributed by atoms with Crippen molar-refractivity contribution in [3.8, 4) is 0 Å². The Morgan fingerprint density at radius 3 is 3.25 bits per heavy atom. The van der Waals surface area contributed by atoms with E-state index in [2.05, 4.69) is 5.32 Å². The molecule has 0 unspecified atom stereocenters. The van der Waals surface area contributed by atoms with E-state index in [1.807, 2.05) is 28.3 Å². The molecule has 0 aliphatic carbocycles. The van der Waals surface area contributed by atoms with Crippen LogP contribution in [0.3, 0.4) is 0 Å². The SMILES string of the molecule is O=c1c2ccsc2ccn1C[C@H]1CCCN1. The van der Waals surface area contributed by atoms with Crippen LogP contribution in [0.25, 0.3) is 10.1 Å². The van der Waals surface area contributed by atoms with Crippen molar-refractivity contribution in [1.29, 1.82) is 0 Å². The van der Waals surface area contributed by atoms with Crippen LogP contribution in [0.15, 0.2) is 28.5 Å². The molecule has 4 heteroatoms. The maximum Gasteiger partial charge on any atom is 0.259 e. The molecule has 0 aromatic carbocycles. The van der Waals surface area contributed by atoms with Crippen molar-refractivity contribution in [2.75, 3.05) is 6.54 Å². The number of fused-ring (bicyclic) bond motifs is 1. The second kappa shape index (κ2) is 4.03. The Morgan fingerprint density at radius 1 is 1.50 bits per heavy atom. The van der Waals surface area contributed by atoms with Crippen molar-refractivity contribution in [2.24, 2.45) is 0 Å². The fourth-order valence-corrected chi connectivity index (χ4v) is 3.07. The first-order valence-corrected chi connectivity index (χ1v) is 6.52. The molecule has 0 spiro atoms. The van der Waals surface area contributed by atoms with Crippen molar-refractivity contribution in [3.05, 3.63) is 34.1 Å². The molecular formula is C12H14N2OS. The molecule has 1 fully saturated rings. The Labute approximate surface area is 97.7 Å². The lowest BCUT2D eigenvalue weighted by Gasteiger charge is -2.12. The van der Waals surface area contributed by atoms with E-state index in [-0.39, 0.29) is 5.56 Å². The van der Waals surface area contributed by atoms with Gasteiger partial charge in [-0.15, -0.1) is 11.3 Å². The van der Waals surface area contributed by atoms with E-state index in [0.29, 0.717) is 6.04 Å². The molecule has 1 aliphatic heterocycles. The summed E-state index contributed by atoms with van der Waals surface area (Å²) in [5.74, 6) is 0. The van der Waals surface area contributed by atoms with Crippen molar-refractivity contribution < 1.29 is 0 Å². The van der Waals surface area contributed by atoms with E-state index in [0.717, 1.165) is 23.2 Å². The molecule has 1 aliphatic rings. The van der Waals surface area contributed by atoms with Crippen molar-refractivity contribution in [2.45, 2.75) is 25.4 Å². The molecule has 1 N–H and O–H groups in total. The third-order valence-corrected chi connectivity index (χ3v) is 4.05. The molecular weight excluding hydrogens is 220 g/mol. The average molecular weight is 234 g/mol. The quantitative estimate of drug-likeness (QED) is 0.860. The maximum atomic E-state index is 12.1. The zero-order valence-electron chi connectivity index (χ0n) is 8.98. The number of pyridine rings is 1. The Morgan fingerprint density at radius 2 is 2.44 bits per heavy atom. The largest absolute Gasteiger partial charge is 0.313 e. The summed E-state index contributed by atoms with van der Waals surface area (Å²) in [4.78, 5) is 12.1. The number of hydrogen-bond acceptors (Lipinski definition) is 3. The summed E-state index contributed by atoms with van der Waals surface area (Å²) in [5.41, 5.74) is 0.146. The smallest absolute Gasteiger partial charge is 0.259 e. The fraction of sp³-hybridized carbons (Fsp3) is 0.417. The average Bonchev–Trinajstić information content (AvgIpc) is 2.93. The first-order valence-electron chi connectivity index (χ1n) is 5.64. The molecule has 0 saturated carbocycles. The topological polar surface area (TPSA) is 34.0 Å². The van der Waals surface area contributed by atoms with E-state index < -0.39 is 0 Å². The molecule has 3 nitrogen and oxygen atoms in total. The van der Waals surface area contributed by atoms with Crippen LogP contribution in [-0.4, -0.2) is 17.2 Å². The van der Waals surface area contributed by atoms with Gasteiger partial charge in [-0.2, -0.15) is 0 Å². The summed E-state index contributed by atoms with van der Waals surface area (Å²) in [6.45, 7) is 1.88. The monoisotopic (exact) mass is 234 g/mol. The molecule has 1 atom stereocenters. The highest BCUT2D eigenvalue weighted by molar-refractivity contribution is 7.17. The molecule has 16 heavy (non-hydrogen) atoms. The minimum absolute atomic E-state index is 0.146. The highest BCUT2D eigenvalue weighted by Crippen LogP contribution is 2.16. The van der Waals surface area contributed by atoms with Gasteiger partial charge in [0, 0.05) is 23.5 Å². The van der Waals surface area contributed by atoms with Gasteiger partial charge in [-0.1, -0.05) is 0 Å². The van der Waals surface area contributed by atoms with Gasteiger partial charge in [-0.3, -0.25) is 4.79 Å². The lowest BCUT2D eigenvalue weighted by atomic mass is 10.2. The second-order valence-electron chi connectivity index (χ2n) is 4.27. The van der Waals surface area contributed by atoms with Gasteiger partial charge in [0.25, 0.3) is 5.56 Å². The Kier molecular flexibility index (Phi) is 2.53. The third-order valence-electron chi connectivity index (χ3n) is 3.17. The molecule has 3 heterocycles. The van der Waals surface area contributed by atoms with Crippen LogP contribution in [0.2, 0.25) is 0 Å². The number of nitrogens with zero attached hydrogens (tertiary/aromatic N) is 1. The van der Waals surface area contributed by atoms with Crippen molar-refractivity contribution in [3.63, 3.8) is 0 Å². The maximum absolute atomic E-state index is 12.1. The summed E-state index contributed by atoms with van der Waals surface area (Å²) in [7, 11) is 0. The van der Waals surface area contributed by atoms with Gasteiger partial charge < -0.3 is 9.88 Å². The first-order chi connectivity index (χ1) is 7.84. The van der Waals surface area contributed by atoms with E-state index in [1.165, 1.54) is 12.8 Å². The van der Waals surface area contributed by atoms with Crippen LogP contribution < -0.4 is 10.9 Å². The number of hydrogen-bond donors (Lipinski definition) is 1. The molecule has 0 bridgehead atoms. The van der Waals surface area contributed by atoms with Crippen LogP contribution in [0.1, 0.15) is 12.8 Å². The van der Waals surface area contributed by atoms with E-state index in [1.54, 1.807) is 11.3 Å². The molecule has 0 amide bonds. The molecule has 0 radical (unpaired) electrons. The van der Waals surface area contributed by atoms with E-state index in [9.17, 15) is 4.79 Å². The normalized spacial score (nSPS) is 20.6. The van der Waals surface area contributed by atoms with Gasteiger partial charge in [0.05, 0.1) is 5.39 Å². The molecule has 2 aromatic heterocycles. The molecule has 3 rings (SSSR count). The summed E-state index contributed by atoms with van der Waals surface area (Å²) in [5, 5.41) is 6.25. The van der Waals surface area contributed by atoms with Gasteiger partial charge in [0.15, 0.2) is 0 Å². The summed E-state index contributed by atoms with van der Waals surface area (Å²) in [6, 6.07) is 4.42. The van der Waals surface area contributed by atoms with Crippen LogP contribution in [0.4, 0.5) is 0 Å². The van der Waals surface area contributed by atoms with Crippen LogP contribution in [0.5, 0.6) is 0 Å². The number of nitrogens with one attached hydrogen (secondary N) is 1. The standard InChI is InChI=1S/C12H14N2OS/c15-12-10-4-7-16-11(10)3-6-14(12)8-9-2-1-5-13-9/h3-4,6-7,9,13H,1-2,5,8H2/t9-/m1/s1. The second-order valence-corrected chi connectivity index (χ2v) is 5.21. The van der Waals surface area contributed by atoms with Crippen molar-refractivity contribution >= 4 is 21.4 Å². The predicted molar refractivity (Wildman–Crippen MR) is 67.1 cm³/mol. The highest BCUT2D eigenvalue weighted by Gasteiger charge is 2.15. The number of thiophene rings is 1. The number of rotatable bonds is 2. The van der Waals surface area contributed by atoms with Gasteiger partial charge in [-0.25, -0.2) is 0 Å². The Bertz CT molecular complexity index is 551. The minimum Gasteiger partial charge on any atom is -0.313 e. The summed E-state index contributed by atoms with van der Waals surface area (Å²) < 4.78 is 2.92. The lowest BCUT2D eigenvalue weighted by Crippen LogP contribution is -2.31. The van der Waals surface area contributed by atoms with Gasteiger partial charge in [0.2, 0.25) is 0 Å². The lowest BCUT2D eigenvalue weighted by molar-refractivity contribution is 0.501. The van der Waals surface area contributed by atoms with Crippen LogP contribution in [0, 0.1) is 0 Å². The van der Waals surface area contributed by atoms with Gasteiger partial charge in [-0.05, 0) is 36.9 Å². The zero-order chi connectivity index (χ0) is 11.0. The summed E-state index contributed by atoms with van der Waals surface area (Å²) in [6.07, 6.45) is 4.31. The van der Waals surface area contributed by atoms with Crippen molar-refractivity contribution in [1.82, 2.24) is 9.88 Å². The van der Waals surface area contributed by atoms with Crippen LogP contribution >= 0.6 is 11.3 Å². The zero-order valence-corrected chi connectivity index (χ0v) is 9.80. The fourth-order valence-electron chi connectivity index (χ4n) is 2.30.